The van der Waals surface area contributed by atoms with Gasteiger partial charge in [-0.05, 0) is 79.6 Å². The van der Waals surface area contributed by atoms with E-state index < -0.39 is 6.10 Å². The first-order valence-corrected chi connectivity index (χ1v) is 12.6. The molecule has 0 aromatic carbocycles. The van der Waals surface area contributed by atoms with Gasteiger partial charge in [0, 0.05) is 11.8 Å². The quantitative estimate of drug-likeness (QED) is 0.478. The van der Waals surface area contributed by atoms with Crippen molar-refractivity contribution < 1.29 is 14.9 Å². The summed E-state index contributed by atoms with van der Waals surface area (Å²) in [5.41, 5.74) is 2.86. The number of aliphatic hydroxyl groups is 2. The van der Waals surface area contributed by atoms with Gasteiger partial charge in [0.1, 0.15) is 17.8 Å². The molecule has 0 amide bonds. The second kappa shape index (κ2) is 6.93. The van der Waals surface area contributed by atoms with Crippen molar-refractivity contribution in [1.29, 1.82) is 0 Å². The fraction of sp³-hybridized carbons (Fsp3) is 0.852. The normalized spacial score (nSPS) is 50.9. The summed E-state index contributed by atoms with van der Waals surface area (Å²) >= 11 is 0. The van der Waals surface area contributed by atoms with Gasteiger partial charge in [-0.25, -0.2) is 0 Å². The molecule has 3 heteroatoms. The van der Waals surface area contributed by atoms with E-state index in [0.29, 0.717) is 30.1 Å². The van der Waals surface area contributed by atoms with Crippen molar-refractivity contribution >= 4 is 0 Å². The third-order valence-corrected chi connectivity index (χ3v) is 10.2. The minimum atomic E-state index is -0.464. The average Bonchev–Trinajstić information content (AvgIpc) is 3.29. The largest absolute Gasteiger partial charge is 0.393 e. The van der Waals surface area contributed by atoms with Gasteiger partial charge in [0.2, 0.25) is 0 Å². The highest BCUT2D eigenvalue weighted by Crippen LogP contribution is 2.72. The maximum absolute atomic E-state index is 11.5. The third kappa shape index (κ3) is 2.74. The van der Waals surface area contributed by atoms with E-state index in [2.05, 4.69) is 46.8 Å². The first kappa shape index (κ1) is 21.2. The van der Waals surface area contributed by atoms with Crippen LogP contribution in [0.3, 0.4) is 0 Å². The van der Waals surface area contributed by atoms with Crippen molar-refractivity contribution in [2.24, 2.45) is 34.5 Å². The Balaban J connectivity index is 1.46. The number of aliphatic hydroxyl groups excluding tert-OH is 2. The lowest BCUT2D eigenvalue weighted by Crippen LogP contribution is -2.55. The molecule has 1 spiro atoms. The monoisotopic (exact) mass is 414 g/mol. The Morgan fingerprint density at radius 1 is 1.10 bits per heavy atom. The summed E-state index contributed by atoms with van der Waals surface area (Å²) in [6.07, 6.45) is 12.6. The zero-order valence-corrected chi connectivity index (χ0v) is 19.7. The standard InChI is InChI=1S/C27H42O3/c1-16(2)7-6-8-17(3)19-9-10-20-22-21(12-13-25(19,20)4)26(5)14-11-18(28)15-27(26)24(30-27)23(22)29/h6,8,16-20,23-24,28-29H,7,9-15H2,1-5H3/b8-6+/t17-,18+,19-,20?,23+,24+,25-,26-,27+/m1/s1. The molecule has 9 atom stereocenters. The summed E-state index contributed by atoms with van der Waals surface area (Å²) in [5.74, 6) is 2.50. The van der Waals surface area contributed by atoms with Crippen molar-refractivity contribution in [3.8, 4) is 0 Å². The Bertz CT molecular complexity index is 768. The molecule has 2 saturated carbocycles. The Hall–Kier alpha value is -0.640. The van der Waals surface area contributed by atoms with Crippen molar-refractivity contribution in [3.05, 3.63) is 23.3 Å². The van der Waals surface area contributed by atoms with Crippen LogP contribution in [0.25, 0.3) is 0 Å². The maximum Gasteiger partial charge on any atom is 0.118 e. The molecular weight excluding hydrogens is 372 g/mol. The molecule has 4 aliphatic carbocycles. The molecule has 0 bridgehead atoms. The van der Waals surface area contributed by atoms with Crippen LogP contribution in [-0.4, -0.2) is 34.1 Å². The maximum atomic E-state index is 11.5. The minimum absolute atomic E-state index is 0.00760. The van der Waals surface area contributed by atoms with Crippen molar-refractivity contribution in [2.45, 2.75) is 110 Å². The first-order chi connectivity index (χ1) is 14.1. The molecule has 0 radical (unpaired) electrons. The third-order valence-electron chi connectivity index (χ3n) is 10.2. The van der Waals surface area contributed by atoms with Crippen LogP contribution >= 0.6 is 0 Å². The molecule has 1 saturated heterocycles. The van der Waals surface area contributed by atoms with E-state index in [1.165, 1.54) is 30.4 Å². The summed E-state index contributed by atoms with van der Waals surface area (Å²) in [6.45, 7) is 11.9. The van der Waals surface area contributed by atoms with E-state index in [1.54, 1.807) is 0 Å². The number of hydrogen-bond donors (Lipinski definition) is 2. The fourth-order valence-electron chi connectivity index (χ4n) is 8.46. The van der Waals surface area contributed by atoms with E-state index in [9.17, 15) is 10.2 Å². The topological polar surface area (TPSA) is 53.0 Å². The van der Waals surface area contributed by atoms with Crippen molar-refractivity contribution in [2.75, 3.05) is 0 Å². The average molecular weight is 415 g/mol. The predicted octanol–water partition coefficient (Wildman–Crippen LogP) is 5.41. The van der Waals surface area contributed by atoms with Crippen LogP contribution in [0.4, 0.5) is 0 Å². The lowest BCUT2D eigenvalue weighted by Gasteiger charge is -2.54. The van der Waals surface area contributed by atoms with Crippen molar-refractivity contribution in [3.63, 3.8) is 0 Å². The van der Waals surface area contributed by atoms with Crippen LogP contribution in [0, 0.1) is 34.5 Å². The number of ether oxygens (including phenoxy) is 1. The van der Waals surface area contributed by atoms with Gasteiger partial charge < -0.3 is 14.9 Å². The Morgan fingerprint density at radius 3 is 2.60 bits per heavy atom. The minimum Gasteiger partial charge on any atom is -0.393 e. The highest BCUT2D eigenvalue weighted by Gasteiger charge is 2.76. The first-order valence-electron chi connectivity index (χ1n) is 12.6. The predicted molar refractivity (Wildman–Crippen MR) is 120 cm³/mol. The molecule has 0 aromatic rings. The SMILES string of the molecule is CC(C)C/C=C/[C@@H](C)[C@H]1CCC2C3=C(CC[C@@]21C)[C@@]1(C)CC[C@H](O)C[C@@]12O[C@H]2[C@H]3O. The molecule has 2 N–H and O–H groups in total. The second-order valence-electron chi connectivity index (χ2n) is 12.2. The number of fused-ring (bicyclic) bond motifs is 3. The van der Waals surface area contributed by atoms with Gasteiger partial charge in [0.15, 0.2) is 0 Å². The van der Waals surface area contributed by atoms with Crippen LogP contribution in [0.1, 0.15) is 86.0 Å². The zero-order chi connectivity index (χ0) is 21.5. The molecule has 1 aliphatic heterocycles. The van der Waals surface area contributed by atoms with E-state index in [-0.39, 0.29) is 28.6 Å². The molecule has 5 aliphatic rings. The second-order valence-corrected chi connectivity index (χ2v) is 12.2. The summed E-state index contributed by atoms with van der Waals surface area (Å²) in [7, 11) is 0. The van der Waals surface area contributed by atoms with Gasteiger partial charge in [-0.2, -0.15) is 0 Å². The lowest BCUT2D eigenvalue weighted by atomic mass is 9.50. The van der Waals surface area contributed by atoms with Crippen LogP contribution in [0.5, 0.6) is 0 Å². The smallest absolute Gasteiger partial charge is 0.118 e. The molecule has 30 heavy (non-hydrogen) atoms. The molecule has 1 unspecified atom stereocenters. The number of hydrogen-bond acceptors (Lipinski definition) is 3. The molecule has 1 heterocycles. The fourth-order valence-corrected chi connectivity index (χ4v) is 8.46. The number of allylic oxidation sites excluding steroid dienone is 2. The van der Waals surface area contributed by atoms with Gasteiger partial charge >= 0.3 is 0 Å². The Morgan fingerprint density at radius 2 is 1.87 bits per heavy atom. The molecule has 3 nitrogen and oxygen atoms in total. The molecular formula is C27H42O3. The lowest BCUT2D eigenvalue weighted by molar-refractivity contribution is -0.000634. The highest BCUT2D eigenvalue weighted by atomic mass is 16.6. The van der Waals surface area contributed by atoms with Gasteiger partial charge in [0.25, 0.3) is 0 Å². The van der Waals surface area contributed by atoms with E-state index in [1.807, 2.05) is 0 Å². The summed E-state index contributed by atoms with van der Waals surface area (Å²) in [6, 6.07) is 0. The van der Waals surface area contributed by atoms with Crippen LogP contribution < -0.4 is 0 Å². The van der Waals surface area contributed by atoms with E-state index >= 15 is 0 Å². The van der Waals surface area contributed by atoms with E-state index in [0.717, 1.165) is 25.7 Å². The van der Waals surface area contributed by atoms with Crippen molar-refractivity contribution in [1.82, 2.24) is 0 Å². The van der Waals surface area contributed by atoms with Gasteiger partial charge in [-0.3, -0.25) is 0 Å². The molecule has 168 valence electrons. The van der Waals surface area contributed by atoms with Crippen LogP contribution in [-0.2, 0) is 4.74 Å². The van der Waals surface area contributed by atoms with Gasteiger partial charge in [-0.15, -0.1) is 0 Å². The molecule has 0 aromatic heterocycles. The number of epoxide rings is 1. The highest BCUT2D eigenvalue weighted by molar-refractivity contribution is 5.45. The van der Waals surface area contributed by atoms with Crippen LogP contribution in [0.2, 0.25) is 0 Å². The Kier molecular flexibility index (Phi) is 4.90. The summed E-state index contributed by atoms with van der Waals surface area (Å²) in [4.78, 5) is 0. The van der Waals surface area contributed by atoms with Gasteiger partial charge in [-0.1, -0.05) is 52.3 Å². The summed E-state index contributed by atoms with van der Waals surface area (Å²) in [5, 5.41) is 21.8. The molecule has 3 fully saturated rings. The zero-order valence-electron chi connectivity index (χ0n) is 19.7. The Labute approximate surface area is 183 Å². The molecule has 5 rings (SSSR count). The number of rotatable bonds is 4. The van der Waals surface area contributed by atoms with E-state index in [4.69, 9.17) is 4.74 Å². The van der Waals surface area contributed by atoms with Gasteiger partial charge in [0.05, 0.1) is 6.10 Å². The van der Waals surface area contributed by atoms with Crippen LogP contribution in [0.15, 0.2) is 23.3 Å². The summed E-state index contributed by atoms with van der Waals surface area (Å²) < 4.78 is 6.32.